The van der Waals surface area contributed by atoms with E-state index in [-0.39, 0.29) is 0 Å². The Morgan fingerprint density at radius 1 is 1.43 bits per heavy atom. The number of hydrogen-bond donors (Lipinski definition) is 0. The SMILES string of the molecule is Cc1cc(CCl)nc(N(C)C(C)C)n1. The maximum Gasteiger partial charge on any atom is 0.225 e. The van der Waals surface area contributed by atoms with E-state index in [2.05, 4.69) is 23.8 Å². The van der Waals surface area contributed by atoms with E-state index >= 15 is 0 Å². The molecule has 0 saturated carbocycles. The Hall–Kier alpha value is -0.830. The topological polar surface area (TPSA) is 29.0 Å². The van der Waals surface area contributed by atoms with Crippen LogP contribution < -0.4 is 4.90 Å². The molecule has 0 spiro atoms. The first-order valence-electron chi connectivity index (χ1n) is 4.68. The van der Waals surface area contributed by atoms with E-state index in [1.54, 1.807) is 0 Å². The van der Waals surface area contributed by atoms with Gasteiger partial charge in [0.15, 0.2) is 0 Å². The summed E-state index contributed by atoms with van der Waals surface area (Å²) < 4.78 is 0. The summed E-state index contributed by atoms with van der Waals surface area (Å²) in [5.74, 6) is 1.18. The first kappa shape index (κ1) is 11.2. The molecule has 1 rings (SSSR count). The molecule has 1 aromatic rings. The monoisotopic (exact) mass is 213 g/mol. The fraction of sp³-hybridized carbons (Fsp3) is 0.600. The Morgan fingerprint density at radius 3 is 2.57 bits per heavy atom. The molecule has 0 bridgehead atoms. The molecule has 0 saturated heterocycles. The van der Waals surface area contributed by atoms with Crippen molar-refractivity contribution < 1.29 is 0 Å². The van der Waals surface area contributed by atoms with Crippen molar-refractivity contribution in [3.05, 3.63) is 17.5 Å². The molecule has 0 unspecified atom stereocenters. The van der Waals surface area contributed by atoms with Gasteiger partial charge in [-0.25, -0.2) is 9.97 Å². The van der Waals surface area contributed by atoms with Gasteiger partial charge in [-0.15, -0.1) is 11.6 Å². The van der Waals surface area contributed by atoms with Crippen LogP contribution in [-0.2, 0) is 5.88 Å². The minimum Gasteiger partial charge on any atom is -0.341 e. The molecule has 3 nitrogen and oxygen atoms in total. The van der Waals surface area contributed by atoms with E-state index in [9.17, 15) is 0 Å². The van der Waals surface area contributed by atoms with Gasteiger partial charge in [-0.1, -0.05) is 0 Å². The predicted molar refractivity (Wildman–Crippen MR) is 59.9 cm³/mol. The highest BCUT2D eigenvalue weighted by atomic mass is 35.5. The molecule has 0 aromatic carbocycles. The van der Waals surface area contributed by atoms with Gasteiger partial charge in [0.05, 0.1) is 11.6 Å². The van der Waals surface area contributed by atoms with Crippen LogP contribution in [0.1, 0.15) is 25.2 Å². The lowest BCUT2D eigenvalue weighted by Gasteiger charge is -2.21. The van der Waals surface area contributed by atoms with Crippen molar-refractivity contribution in [3.8, 4) is 0 Å². The summed E-state index contributed by atoms with van der Waals surface area (Å²) in [6, 6.07) is 2.30. The second kappa shape index (κ2) is 4.60. The van der Waals surface area contributed by atoms with Crippen molar-refractivity contribution in [2.24, 2.45) is 0 Å². The van der Waals surface area contributed by atoms with Crippen molar-refractivity contribution in [2.75, 3.05) is 11.9 Å². The van der Waals surface area contributed by atoms with E-state index < -0.39 is 0 Å². The largest absolute Gasteiger partial charge is 0.341 e. The number of nitrogens with zero attached hydrogens (tertiary/aromatic N) is 3. The van der Waals surface area contributed by atoms with Gasteiger partial charge < -0.3 is 4.90 Å². The average Bonchev–Trinajstić information content (AvgIpc) is 2.15. The first-order chi connectivity index (χ1) is 6.54. The summed E-state index contributed by atoms with van der Waals surface area (Å²) >= 11 is 5.75. The van der Waals surface area contributed by atoms with Gasteiger partial charge in [-0.05, 0) is 26.8 Å². The maximum absolute atomic E-state index is 5.75. The number of anilines is 1. The highest BCUT2D eigenvalue weighted by Gasteiger charge is 2.09. The Morgan fingerprint density at radius 2 is 2.07 bits per heavy atom. The molecular weight excluding hydrogens is 198 g/mol. The van der Waals surface area contributed by atoms with Crippen LogP contribution in [0.15, 0.2) is 6.07 Å². The van der Waals surface area contributed by atoms with E-state index in [4.69, 9.17) is 11.6 Å². The Balaban J connectivity index is 3.02. The molecule has 0 amide bonds. The number of alkyl halides is 1. The fourth-order valence-electron chi connectivity index (χ4n) is 1.07. The van der Waals surface area contributed by atoms with Crippen LogP contribution in [0.5, 0.6) is 0 Å². The quantitative estimate of drug-likeness (QED) is 0.722. The van der Waals surface area contributed by atoms with E-state index in [0.717, 1.165) is 17.3 Å². The summed E-state index contributed by atoms with van der Waals surface area (Å²) in [5, 5.41) is 0. The van der Waals surface area contributed by atoms with E-state index in [0.29, 0.717) is 11.9 Å². The molecule has 14 heavy (non-hydrogen) atoms. The summed E-state index contributed by atoms with van der Waals surface area (Å²) in [7, 11) is 1.98. The lowest BCUT2D eigenvalue weighted by Crippen LogP contribution is -2.28. The van der Waals surface area contributed by atoms with Crippen LogP contribution in [0.4, 0.5) is 5.95 Å². The molecule has 0 atom stereocenters. The molecule has 1 heterocycles. The zero-order chi connectivity index (χ0) is 10.7. The number of rotatable bonds is 3. The van der Waals surface area contributed by atoms with Crippen molar-refractivity contribution >= 4 is 17.5 Å². The van der Waals surface area contributed by atoms with Gasteiger partial charge in [0.2, 0.25) is 5.95 Å². The zero-order valence-corrected chi connectivity index (χ0v) is 9.84. The predicted octanol–water partition coefficient (Wildman–Crippen LogP) is 2.37. The molecule has 0 fully saturated rings. The minimum atomic E-state index is 0.389. The van der Waals surface area contributed by atoms with Crippen molar-refractivity contribution in [2.45, 2.75) is 32.7 Å². The number of halogens is 1. The third kappa shape index (κ3) is 2.58. The second-order valence-corrected chi connectivity index (χ2v) is 3.91. The second-order valence-electron chi connectivity index (χ2n) is 3.64. The summed E-state index contributed by atoms with van der Waals surface area (Å²) in [4.78, 5) is 10.7. The Bertz CT molecular complexity index is 312. The van der Waals surface area contributed by atoms with Gasteiger partial charge in [0.1, 0.15) is 0 Å². The van der Waals surface area contributed by atoms with Crippen LogP contribution in [0, 0.1) is 6.92 Å². The smallest absolute Gasteiger partial charge is 0.225 e. The van der Waals surface area contributed by atoms with Gasteiger partial charge >= 0.3 is 0 Å². The zero-order valence-electron chi connectivity index (χ0n) is 9.08. The number of aryl methyl sites for hydroxylation is 1. The summed E-state index contributed by atoms with van der Waals surface area (Å²) in [5.41, 5.74) is 1.83. The third-order valence-corrected chi connectivity index (χ3v) is 2.40. The van der Waals surface area contributed by atoms with Gasteiger partial charge in [0, 0.05) is 18.8 Å². The van der Waals surface area contributed by atoms with Crippen LogP contribution >= 0.6 is 11.6 Å². The van der Waals surface area contributed by atoms with Crippen LogP contribution in [-0.4, -0.2) is 23.1 Å². The lowest BCUT2D eigenvalue weighted by molar-refractivity contribution is 0.724. The molecule has 0 aliphatic rings. The molecule has 0 N–H and O–H groups in total. The third-order valence-electron chi connectivity index (χ3n) is 2.12. The Labute approximate surface area is 90.1 Å². The van der Waals surface area contributed by atoms with Gasteiger partial charge in [-0.3, -0.25) is 0 Å². The average molecular weight is 214 g/mol. The highest BCUT2D eigenvalue weighted by Crippen LogP contribution is 2.12. The van der Waals surface area contributed by atoms with Gasteiger partial charge in [-0.2, -0.15) is 0 Å². The molecule has 0 aliphatic heterocycles. The summed E-state index contributed by atoms with van der Waals surface area (Å²) in [6.45, 7) is 6.16. The maximum atomic E-state index is 5.75. The molecule has 78 valence electrons. The van der Waals surface area contributed by atoms with Crippen LogP contribution in [0.25, 0.3) is 0 Å². The minimum absolute atomic E-state index is 0.389. The van der Waals surface area contributed by atoms with Crippen molar-refractivity contribution in [1.29, 1.82) is 0 Å². The number of hydrogen-bond acceptors (Lipinski definition) is 3. The molecule has 4 heteroatoms. The van der Waals surface area contributed by atoms with E-state index in [1.807, 2.05) is 24.9 Å². The Kier molecular flexibility index (Phi) is 3.69. The highest BCUT2D eigenvalue weighted by molar-refractivity contribution is 6.16. The standard InChI is InChI=1S/C10H16ClN3/c1-7(2)14(4)10-12-8(3)5-9(6-11)13-10/h5,7H,6H2,1-4H3. The van der Waals surface area contributed by atoms with Crippen LogP contribution in [0.3, 0.4) is 0 Å². The molecule has 1 aromatic heterocycles. The fourth-order valence-corrected chi connectivity index (χ4v) is 1.21. The first-order valence-corrected chi connectivity index (χ1v) is 5.21. The van der Waals surface area contributed by atoms with Crippen LogP contribution in [0.2, 0.25) is 0 Å². The summed E-state index contributed by atoms with van der Waals surface area (Å²) in [6.07, 6.45) is 0. The lowest BCUT2D eigenvalue weighted by atomic mass is 10.3. The van der Waals surface area contributed by atoms with Crippen molar-refractivity contribution in [1.82, 2.24) is 9.97 Å². The molecular formula is C10H16ClN3. The van der Waals surface area contributed by atoms with Gasteiger partial charge in [0.25, 0.3) is 0 Å². The normalized spacial score (nSPS) is 10.7. The van der Waals surface area contributed by atoms with Crippen molar-refractivity contribution in [3.63, 3.8) is 0 Å². The number of aromatic nitrogens is 2. The molecule has 0 aliphatic carbocycles. The van der Waals surface area contributed by atoms with E-state index in [1.165, 1.54) is 0 Å². The molecule has 0 radical (unpaired) electrons.